The molecule has 2 aromatic rings. The highest BCUT2D eigenvalue weighted by Crippen LogP contribution is 2.32. The number of rotatable bonds is 8. The molecule has 8 heteroatoms. The van der Waals surface area contributed by atoms with Crippen LogP contribution in [0.1, 0.15) is 11.1 Å². The zero-order valence-corrected chi connectivity index (χ0v) is 15.6. The molecule has 150 valence electrons. The molecule has 0 fully saturated rings. The van der Waals surface area contributed by atoms with E-state index >= 15 is 0 Å². The van der Waals surface area contributed by atoms with Crippen LogP contribution in [0.3, 0.4) is 0 Å². The van der Waals surface area contributed by atoms with Crippen LogP contribution in [0.4, 0.5) is 8.78 Å². The Morgan fingerprint density at radius 1 is 1.11 bits per heavy atom. The number of hydrogen-bond donors (Lipinski definition) is 2. The van der Waals surface area contributed by atoms with Gasteiger partial charge in [0, 0.05) is 20.1 Å². The van der Waals surface area contributed by atoms with E-state index in [1.807, 2.05) is 24.3 Å². The Labute approximate surface area is 162 Å². The van der Waals surface area contributed by atoms with Gasteiger partial charge in [0.2, 0.25) is 6.79 Å². The van der Waals surface area contributed by atoms with E-state index in [1.165, 1.54) is 0 Å². The molecule has 0 aliphatic carbocycles. The van der Waals surface area contributed by atoms with E-state index in [4.69, 9.17) is 14.2 Å². The fourth-order valence-electron chi connectivity index (χ4n) is 2.73. The van der Waals surface area contributed by atoms with Crippen LogP contribution in [0.25, 0.3) is 0 Å². The number of alkyl halides is 2. The summed E-state index contributed by atoms with van der Waals surface area (Å²) in [6.45, 7) is 0.842. The second kappa shape index (κ2) is 9.77. The molecule has 0 unspecified atom stereocenters. The van der Waals surface area contributed by atoms with Gasteiger partial charge in [0.1, 0.15) is 12.4 Å². The summed E-state index contributed by atoms with van der Waals surface area (Å²) in [5, 5.41) is 6.44. The molecular formula is C20H23F2N3O3. The second-order valence-electron chi connectivity index (χ2n) is 6.14. The Morgan fingerprint density at radius 2 is 1.96 bits per heavy atom. The maximum Gasteiger partial charge on any atom is 0.272 e. The molecular weight excluding hydrogens is 368 g/mol. The standard InChI is InChI=1S/C20H23F2N3O3/c1-23-20(24-8-7-14-5-6-17-18(10-14)28-13-27-17)25-11-15-3-2-4-16(9-15)26-12-19(21)22/h2-6,9-10,19H,7-8,11-13H2,1H3,(H2,23,24,25). The number of nitrogens with one attached hydrogen (secondary N) is 2. The first-order valence-corrected chi connectivity index (χ1v) is 8.97. The smallest absolute Gasteiger partial charge is 0.272 e. The summed E-state index contributed by atoms with van der Waals surface area (Å²) in [6, 6.07) is 12.9. The Kier molecular flexibility index (Phi) is 6.89. The molecule has 0 atom stereocenters. The van der Waals surface area contributed by atoms with Gasteiger partial charge < -0.3 is 24.8 Å². The predicted octanol–water partition coefficient (Wildman–Crippen LogP) is 2.97. The number of hydrogen-bond acceptors (Lipinski definition) is 4. The van der Waals surface area contributed by atoms with Gasteiger partial charge in [0.25, 0.3) is 6.43 Å². The maximum atomic E-state index is 12.3. The molecule has 28 heavy (non-hydrogen) atoms. The number of fused-ring (bicyclic) bond motifs is 1. The van der Waals surface area contributed by atoms with E-state index in [1.54, 1.807) is 25.2 Å². The second-order valence-corrected chi connectivity index (χ2v) is 6.14. The molecule has 1 heterocycles. The first-order chi connectivity index (χ1) is 13.6. The Balaban J connectivity index is 1.44. The lowest BCUT2D eigenvalue weighted by molar-refractivity contribution is 0.0818. The van der Waals surface area contributed by atoms with Crippen molar-refractivity contribution in [3.05, 3.63) is 53.6 Å². The molecule has 3 rings (SSSR count). The van der Waals surface area contributed by atoms with E-state index in [2.05, 4.69) is 15.6 Å². The van der Waals surface area contributed by atoms with Gasteiger partial charge in [-0.15, -0.1) is 0 Å². The first kappa shape index (κ1) is 19.7. The summed E-state index contributed by atoms with van der Waals surface area (Å²) >= 11 is 0. The number of benzene rings is 2. The lowest BCUT2D eigenvalue weighted by Gasteiger charge is -2.13. The third-order valence-corrected chi connectivity index (χ3v) is 4.10. The van der Waals surface area contributed by atoms with Crippen molar-refractivity contribution in [3.8, 4) is 17.2 Å². The van der Waals surface area contributed by atoms with Crippen molar-refractivity contribution < 1.29 is 23.0 Å². The molecule has 0 bridgehead atoms. The molecule has 6 nitrogen and oxygen atoms in total. The molecule has 2 N–H and O–H groups in total. The van der Waals surface area contributed by atoms with Crippen LogP contribution in [0.5, 0.6) is 17.2 Å². The molecule has 0 aromatic heterocycles. The molecule has 1 aliphatic heterocycles. The molecule has 1 aliphatic rings. The van der Waals surface area contributed by atoms with Gasteiger partial charge in [-0.3, -0.25) is 4.99 Å². The van der Waals surface area contributed by atoms with Crippen molar-refractivity contribution in [2.24, 2.45) is 4.99 Å². The van der Waals surface area contributed by atoms with Crippen LogP contribution in [-0.4, -0.2) is 39.4 Å². The van der Waals surface area contributed by atoms with Crippen LogP contribution >= 0.6 is 0 Å². The van der Waals surface area contributed by atoms with Gasteiger partial charge in [0.05, 0.1) is 0 Å². The van der Waals surface area contributed by atoms with Crippen molar-refractivity contribution >= 4 is 5.96 Å². The van der Waals surface area contributed by atoms with Gasteiger partial charge in [-0.2, -0.15) is 0 Å². The summed E-state index contributed by atoms with van der Waals surface area (Å²) in [5.74, 6) is 2.62. The van der Waals surface area contributed by atoms with E-state index in [-0.39, 0.29) is 6.79 Å². The Morgan fingerprint density at radius 3 is 2.79 bits per heavy atom. The minimum atomic E-state index is -2.49. The third-order valence-electron chi connectivity index (χ3n) is 4.10. The van der Waals surface area contributed by atoms with Crippen molar-refractivity contribution in [3.63, 3.8) is 0 Å². The zero-order chi connectivity index (χ0) is 19.8. The average Bonchev–Trinajstić information content (AvgIpc) is 3.17. The molecule has 2 aromatic carbocycles. The van der Waals surface area contributed by atoms with Gasteiger partial charge in [-0.1, -0.05) is 18.2 Å². The van der Waals surface area contributed by atoms with E-state index in [9.17, 15) is 8.78 Å². The summed E-state index contributed by atoms with van der Waals surface area (Å²) in [7, 11) is 1.69. The van der Waals surface area contributed by atoms with Crippen LogP contribution in [-0.2, 0) is 13.0 Å². The lowest BCUT2D eigenvalue weighted by atomic mass is 10.1. The largest absolute Gasteiger partial charge is 0.488 e. The monoisotopic (exact) mass is 391 g/mol. The molecule has 0 saturated carbocycles. The number of nitrogens with zero attached hydrogens (tertiary/aromatic N) is 1. The summed E-state index contributed by atoms with van der Waals surface area (Å²) < 4.78 is 40.2. The van der Waals surface area contributed by atoms with E-state index in [0.717, 1.165) is 29.0 Å². The molecule has 0 spiro atoms. The van der Waals surface area contributed by atoms with Gasteiger partial charge in [-0.05, 0) is 41.8 Å². The molecule has 0 saturated heterocycles. The van der Waals surface area contributed by atoms with Crippen molar-refractivity contribution in [1.82, 2.24) is 10.6 Å². The first-order valence-electron chi connectivity index (χ1n) is 8.97. The molecule has 0 radical (unpaired) electrons. The van der Waals surface area contributed by atoms with Gasteiger partial charge in [0.15, 0.2) is 17.5 Å². The summed E-state index contributed by atoms with van der Waals surface area (Å²) in [5.41, 5.74) is 2.04. The summed E-state index contributed by atoms with van der Waals surface area (Å²) in [6.07, 6.45) is -1.69. The van der Waals surface area contributed by atoms with E-state index < -0.39 is 13.0 Å². The fraction of sp³-hybridized carbons (Fsp3) is 0.350. The number of aliphatic imine (C=N–C) groups is 1. The summed E-state index contributed by atoms with van der Waals surface area (Å²) in [4.78, 5) is 4.19. The van der Waals surface area contributed by atoms with Gasteiger partial charge >= 0.3 is 0 Å². The highest BCUT2D eigenvalue weighted by atomic mass is 19.3. The van der Waals surface area contributed by atoms with Crippen LogP contribution in [0.15, 0.2) is 47.5 Å². The van der Waals surface area contributed by atoms with Gasteiger partial charge in [-0.25, -0.2) is 8.78 Å². The van der Waals surface area contributed by atoms with Crippen LogP contribution in [0.2, 0.25) is 0 Å². The van der Waals surface area contributed by atoms with Crippen LogP contribution < -0.4 is 24.8 Å². The van der Waals surface area contributed by atoms with Crippen molar-refractivity contribution in [1.29, 1.82) is 0 Å². The number of guanidine groups is 1. The zero-order valence-electron chi connectivity index (χ0n) is 15.6. The predicted molar refractivity (Wildman–Crippen MR) is 102 cm³/mol. The third kappa shape index (κ3) is 5.73. The minimum Gasteiger partial charge on any atom is -0.488 e. The Bertz CT molecular complexity index is 815. The SMILES string of the molecule is CN=C(NCCc1ccc2c(c1)OCO2)NCc1cccc(OCC(F)F)c1. The highest BCUT2D eigenvalue weighted by Gasteiger charge is 2.13. The molecule has 0 amide bonds. The Hall–Kier alpha value is -3.03. The maximum absolute atomic E-state index is 12.3. The normalized spacial score (nSPS) is 12.9. The number of ether oxygens (including phenoxy) is 3. The van der Waals surface area contributed by atoms with Crippen molar-refractivity contribution in [2.45, 2.75) is 19.4 Å². The van der Waals surface area contributed by atoms with E-state index in [0.29, 0.717) is 24.8 Å². The van der Waals surface area contributed by atoms with Crippen LogP contribution in [0, 0.1) is 0 Å². The lowest BCUT2D eigenvalue weighted by Crippen LogP contribution is -2.37. The topological polar surface area (TPSA) is 64.1 Å². The average molecular weight is 391 g/mol. The van der Waals surface area contributed by atoms with Crippen molar-refractivity contribution in [2.75, 3.05) is 27.0 Å². The number of halogens is 2. The minimum absolute atomic E-state index is 0.266. The quantitative estimate of drug-likeness (QED) is 0.535. The fourth-order valence-corrected chi connectivity index (χ4v) is 2.73. The highest BCUT2D eigenvalue weighted by molar-refractivity contribution is 5.79.